The van der Waals surface area contributed by atoms with Crippen molar-refractivity contribution in [3.8, 4) is 5.75 Å². The Bertz CT molecular complexity index is 1700. The van der Waals surface area contributed by atoms with E-state index in [2.05, 4.69) is 4.90 Å². The molecule has 10 nitrogen and oxygen atoms in total. The number of hydrogen-bond donors (Lipinski definition) is 0. The molecule has 0 aliphatic carbocycles. The van der Waals surface area contributed by atoms with Gasteiger partial charge in [0.25, 0.3) is 0 Å². The molecule has 1 unspecified atom stereocenters. The first kappa shape index (κ1) is 35.2. The van der Waals surface area contributed by atoms with Crippen molar-refractivity contribution in [1.82, 2.24) is 14.4 Å². The Balaban J connectivity index is 1.57. The Labute approximate surface area is 278 Å². The van der Waals surface area contributed by atoms with Crippen LogP contribution >= 0.6 is 0 Å². The zero-order valence-electron chi connectivity index (χ0n) is 28.3. The molecule has 2 aliphatic heterocycles. The van der Waals surface area contributed by atoms with Crippen molar-refractivity contribution in [2.45, 2.75) is 71.3 Å². The molecule has 13 heteroatoms. The molecule has 5 rings (SSSR count). The number of aromatic nitrogens is 1. The Morgan fingerprint density at radius 2 is 1.77 bits per heavy atom. The molecule has 0 spiro atoms. The molecule has 0 saturated carbocycles. The molecule has 0 radical (unpaired) electrons. The number of aryl methyl sites for hydroxylation is 1. The van der Waals surface area contributed by atoms with Gasteiger partial charge < -0.3 is 19.1 Å². The quantitative estimate of drug-likeness (QED) is 0.252. The largest absolute Gasteiger partial charge is 0.496 e. The second-order valence-electron chi connectivity index (χ2n) is 13.4. The summed E-state index contributed by atoms with van der Waals surface area (Å²) in [5, 5.41) is 0.792. The third kappa shape index (κ3) is 7.62. The predicted molar refractivity (Wildman–Crippen MR) is 174 cm³/mol. The number of fused-ring (bicyclic) bond motifs is 1. The number of amides is 1. The van der Waals surface area contributed by atoms with Crippen molar-refractivity contribution >= 4 is 34.6 Å². The minimum Gasteiger partial charge on any atom is -0.496 e. The van der Waals surface area contributed by atoms with E-state index in [0.29, 0.717) is 56.0 Å². The molecule has 2 aromatic carbocycles. The first-order valence-corrected chi connectivity index (χ1v) is 16.1. The molecule has 1 amide bonds. The molecule has 0 bridgehead atoms. The van der Waals surface area contributed by atoms with Gasteiger partial charge >= 0.3 is 18.2 Å². The highest BCUT2D eigenvalue weighted by molar-refractivity contribution is 6.03. The molecule has 48 heavy (non-hydrogen) atoms. The average Bonchev–Trinajstić information content (AvgIpc) is 3.67. The van der Waals surface area contributed by atoms with E-state index in [-0.39, 0.29) is 24.6 Å². The van der Waals surface area contributed by atoms with E-state index in [4.69, 9.17) is 14.2 Å². The SMILES string of the molecule is COC(=O)c1ccc(C2CN(CCC(F)(F)F)CCN2Cc2c(OC)cc(C)c3c2ccn3C(=O)OC(C)(C)C)cc1N1CCCC1=O. The Kier molecular flexibility index (Phi) is 10.1. The normalized spacial score (nSPS) is 18.1. The lowest BCUT2D eigenvalue weighted by atomic mass is 9.97. The number of benzene rings is 2. The van der Waals surface area contributed by atoms with Crippen LogP contribution in [-0.2, 0) is 20.8 Å². The monoisotopic (exact) mass is 672 g/mol. The van der Waals surface area contributed by atoms with E-state index >= 15 is 0 Å². The standard InChI is InChI=1S/C35H43F3N4O6/c1-22-18-29(46-5)26(24-11-14-42(31(22)24)33(45)48-34(2,3)4)20-40-17-16-39(15-12-35(36,37)38)21-28(40)23-9-10-25(32(44)47-6)27(19-23)41-13-7-8-30(41)43/h9-11,14,18-19,28H,7-8,12-13,15-17,20-21H2,1-6H3. The predicted octanol–water partition coefficient (Wildman–Crippen LogP) is 6.47. The number of halogens is 3. The van der Waals surface area contributed by atoms with Crippen LogP contribution in [0, 0.1) is 6.92 Å². The first-order valence-electron chi connectivity index (χ1n) is 16.1. The van der Waals surface area contributed by atoms with Gasteiger partial charge in [-0.2, -0.15) is 13.2 Å². The van der Waals surface area contributed by atoms with Gasteiger partial charge in [0.15, 0.2) is 0 Å². The van der Waals surface area contributed by atoms with E-state index in [9.17, 15) is 27.6 Å². The molecule has 0 N–H and O–H groups in total. The summed E-state index contributed by atoms with van der Waals surface area (Å²) in [5.74, 6) is -0.0692. The Morgan fingerprint density at radius 3 is 2.40 bits per heavy atom. The number of anilines is 1. The highest BCUT2D eigenvalue weighted by Crippen LogP contribution is 2.38. The number of rotatable bonds is 8. The lowest BCUT2D eigenvalue weighted by molar-refractivity contribution is -0.139. The van der Waals surface area contributed by atoms with Gasteiger partial charge in [0.05, 0.1) is 37.4 Å². The maximum Gasteiger partial charge on any atom is 0.419 e. The van der Waals surface area contributed by atoms with Crippen LogP contribution in [0.4, 0.5) is 23.7 Å². The Hall–Kier alpha value is -4.10. The summed E-state index contributed by atoms with van der Waals surface area (Å²) in [6.07, 6.45) is -3.05. The molecular weight excluding hydrogens is 629 g/mol. The van der Waals surface area contributed by atoms with Gasteiger partial charge in [-0.15, -0.1) is 0 Å². The minimum absolute atomic E-state index is 0.106. The van der Waals surface area contributed by atoms with E-state index < -0.39 is 36.3 Å². The maximum absolute atomic E-state index is 13.3. The van der Waals surface area contributed by atoms with E-state index in [1.807, 2.05) is 19.1 Å². The molecule has 3 heterocycles. The average molecular weight is 673 g/mol. The van der Waals surface area contributed by atoms with Crippen molar-refractivity contribution in [2.75, 3.05) is 51.8 Å². The van der Waals surface area contributed by atoms with E-state index in [0.717, 1.165) is 22.1 Å². The van der Waals surface area contributed by atoms with Crippen LogP contribution in [0.15, 0.2) is 36.5 Å². The fourth-order valence-corrected chi connectivity index (χ4v) is 6.61. The number of nitrogens with zero attached hydrogens (tertiary/aromatic N) is 4. The van der Waals surface area contributed by atoms with Crippen LogP contribution in [0.25, 0.3) is 10.9 Å². The van der Waals surface area contributed by atoms with Gasteiger partial charge in [-0.1, -0.05) is 6.07 Å². The van der Waals surface area contributed by atoms with E-state index in [1.165, 1.54) is 11.7 Å². The van der Waals surface area contributed by atoms with Crippen LogP contribution in [0.1, 0.15) is 73.1 Å². The molecule has 1 aromatic heterocycles. The third-order valence-electron chi connectivity index (χ3n) is 8.86. The van der Waals surface area contributed by atoms with Crippen molar-refractivity contribution in [2.24, 2.45) is 0 Å². The highest BCUT2D eigenvalue weighted by atomic mass is 19.4. The number of carbonyl (C=O) groups excluding carboxylic acids is 3. The molecular formula is C35H43F3N4O6. The minimum atomic E-state index is -4.29. The molecule has 260 valence electrons. The summed E-state index contributed by atoms with van der Waals surface area (Å²) in [6, 6.07) is 8.52. The van der Waals surface area contributed by atoms with E-state index in [1.54, 1.807) is 62.1 Å². The van der Waals surface area contributed by atoms with Crippen molar-refractivity contribution in [3.05, 3.63) is 58.8 Å². The topological polar surface area (TPSA) is 93.6 Å². The third-order valence-corrected chi connectivity index (χ3v) is 8.86. The number of hydrogen-bond acceptors (Lipinski definition) is 8. The lowest BCUT2D eigenvalue weighted by Crippen LogP contribution is -2.48. The number of piperazine rings is 1. The van der Waals surface area contributed by atoms with Gasteiger partial charge in [-0.25, -0.2) is 9.59 Å². The second kappa shape index (κ2) is 13.8. The number of esters is 1. The van der Waals surface area contributed by atoms with Crippen LogP contribution in [0.3, 0.4) is 0 Å². The van der Waals surface area contributed by atoms with Crippen molar-refractivity contribution < 1.29 is 41.8 Å². The number of methoxy groups -OCH3 is 2. The molecule has 2 aliphatic rings. The van der Waals surface area contributed by atoms with Gasteiger partial charge in [0.1, 0.15) is 11.4 Å². The molecule has 2 saturated heterocycles. The molecule has 1 atom stereocenters. The van der Waals surface area contributed by atoms with Gasteiger partial charge in [0, 0.05) is 68.9 Å². The van der Waals surface area contributed by atoms with Crippen LogP contribution in [0.2, 0.25) is 0 Å². The summed E-state index contributed by atoms with van der Waals surface area (Å²) in [6.45, 7) is 9.07. The molecule has 3 aromatic rings. The summed E-state index contributed by atoms with van der Waals surface area (Å²) in [4.78, 5) is 44.3. The molecule has 2 fully saturated rings. The highest BCUT2D eigenvalue weighted by Gasteiger charge is 2.35. The van der Waals surface area contributed by atoms with Gasteiger partial charge in [-0.3, -0.25) is 19.2 Å². The van der Waals surface area contributed by atoms with Crippen LogP contribution in [-0.4, -0.2) is 91.1 Å². The van der Waals surface area contributed by atoms with Crippen molar-refractivity contribution in [1.29, 1.82) is 0 Å². The van der Waals surface area contributed by atoms with Gasteiger partial charge in [0.2, 0.25) is 5.91 Å². The van der Waals surface area contributed by atoms with Gasteiger partial charge in [-0.05, 0) is 69.5 Å². The smallest absolute Gasteiger partial charge is 0.419 e. The fraction of sp³-hybridized carbons (Fsp3) is 0.514. The van der Waals surface area contributed by atoms with Crippen molar-refractivity contribution in [3.63, 3.8) is 0 Å². The Morgan fingerprint density at radius 1 is 1.02 bits per heavy atom. The number of carbonyl (C=O) groups is 3. The summed E-state index contributed by atoms with van der Waals surface area (Å²) in [7, 11) is 2.85. The number of alkyl halides is 3. The second-order valence-corrected chi connectivity index (χ2v) is 13.4. The van der Waals surface area contributed by atoms with Crippen LogP contribution < -0.4 is 9.64 Å². The fourth-order valence-electron chi connectivity index (χ4n) is 6.61. The zero-order valence-corrected chi connectivity index (χ0v) is 28.3. The summed E-state index contributed by atoms with van der Waals surface area (Å²) >= 11 is 0. The lowest BCUT2D eigenvalue weighted by Gasteiger charge is -2.42. The summed E-state index contributed by atoms with van der Waals surface area (Å²) < 4.78 is 57.8. The maximum atomic E-state index is 13.3. The first-order chi connectivity index (χ1) is 22.6. The summed E-state index contributed by atoms with van der Waals surface area (Å²) in [5.41, 5.74) is 3.04. The van der Waals surface area contributed by atoms with Crippen LogP contribution in [0.5, 0.6) is 5.75 Å². The number of ether oxygens (including phenoxy) is 3. The zero-order chi connectivity index (χ0) is 35.0.